The van der Waals surface area contributed by atoms with Gasteiger partial charge in [-0.05, 0) is 25.1 Å². The number of halogens is 2. The third kappa shape index (κ3) is 3.26. The summed E-state index contributed by atoms with van der Waals surface area (Å²) in [7, 11) is 0. The Bertz CT molecular complexity index is 1130. The van der Waals surface area contributed by atoms with Gasteiger partial charge in [0.05, 0.1) is 24.5 Å². The van der Waals surface area contributed by atoms with Gasteiger partial charge in [-0.25, -0.2) is 18.7 Å². The number of aryl methyl sites for hydroxylation is 1. The highest BCUT2D eigenvalue weighted by atomic mass is 19.2. The number of fused-ring (bicyclic) bond motifs is 1. The highest BCUT2D eigenvalue weighted by Gasteiger charge is 2.14. The first-order valence-corrected chi connectivity index (χ1v) is 8.01. The third-order valence-electron chi connectivity index (χ3n) is 3.92. The summed E-state index contributed by atoms with van der Waals surface area (Å²) in [6, 6.07) is 6.97. The van der Waals surface area contributed by atoms with Gasteiger partial charge in [-0.3, -0.25) is 4.79 Å². The fourth-order valence-corrected chi connectivity index (χ4v) is 2.58. The van der Waals surface area contributed by atoms with E-state index in [1.807, 2.05) is 0 Å². The van der Waals surface area contributed by atoms with Crippen LogP contribution in [0.5, 0.6) is 0 Å². The Balaban J connectivity index is 1.47. The molecule has 0 radical (unpaired) electrons. The molecule has 9 heteroatoms. The quantitative estimate of drug-likeness (QED) is 0.597. The van der Waals surface area contributed by atoms with Crippen molar-refractivity contribution < 1.29 is 18.0 Å². The molecule has 3 heterocycles. The molecular formula is C18H13F2N5O2. The molecule has 7 nitrogen and oxygen atoms in total. The topological polar surface area (TPSA) is 85.3 Å². The van der Waals surface area contributed by atoms with Gasteiger partial charge in [-0.2, -0.15) is 4.52 Å². The van der Waals surface area contributed by atoms with Crippen molar-refractivity contribution in [2.24, 2.45) is 0 Å². The van der Waals surface area contributed by atoms with Gasteiger partial charge in [0.15, 0.2) is 11.6 Å². The second-order valence-electron chi connectivity index (χ2n) is 5.83. The third-order valence-corrected chi connectivity index (χ3v) is 3.92. The van der Waals surface area contributed by atoms with Crippen LogP contribution in [-0.4, -0.2) is 25.5 Å². The fraction of sp³-hybridized carbons (Fsp3) is 0.111. The lowest BCUT2D eigenvalue weighted by Crippen LogP contribution is -2.15. The van der Waals surface area contributed by atoms with E-state index in [1.54, 1.807) is 29.8 Å². The summed E-state index contributed by atoms with van der Waals surface area (Å²) < 4.78 is 34.0. The van der Waals surface area contributed by atoms with Crippen molar-refractivity contribution in [3.8, 4) is 11.6 Å². The Labute approximate surface area is 151 Å². The zero-order chi connectivity index (χ0) is 19.0. The molecule has 0 aliphatic heterocycles. The maximum atomic E-state index is 13.6. The molecule has 0 atom stereocenters. The number of anilines is 1. The van der Waals surface area contributed by atoms with Crippen LogP contribution < -0.4 is 5.32 Å². The van der Waals surface area contributed by atoms with E-state index in [2.05, 4.69) is 20.4 Å². The average Bonchev–Trinajstić information content (AvgIpc) is 3.22. The Kier molecular flexibility index (Phi) is 4.11. The van der Waals surface area contributed by atoms with Gasteiger partial charge < -0.3 is 9.73 Å². The number of pyridine rings is 1. The van der Waals surface area contributed by atoms with E-state index < -0.39 is 17.5 Å². The first-order chi connectivity index (χ1) is 13.0. The minimum atomic E-state index is -1.02. The van der Waals surface area contributed by atoms with Crippen molar-refractivity contribution in [2.45, 2.75) is 13.3 Å². The van der Waals surface area contributed by atoms with Crippen LogP contribution in [0, 0.1) is 18.6 Å². The number of benzene rings is 1. The fourth-order valence-electron chi connectivity index (χ4n) is 2.58. The smallest absolute Gasteiger partial charge is 0.264 e. The molecule has 0 aliphatic rings. The van der Waals surface area contributed by atoms with Gasteiger partial charge in [-0.15, -0.1) is 5.10 Å². The normalized spacial score (nSPS) is 11.1. The Hall–Kier alpha value is -3.62. The predicted molar refractivity (Wildman–Crippen MR) is 91.9 cm³/mol. The molecule has 3 aromatic heterocycles. The molecule has 4 aromatic rings. The summed E-state index contributed by atoms with van der Waals surface area (Å²) >= 11 is 0. The largest absolute Gasteiger partial charge is 0.415 e. The molecule has 0 aliphatic carbocycles. The number of hydrogen-bond acceptors (Lipinski definition) is 5. The number of nitrogens with zero attached hydrogens (tertiary/aromatic N) is 4. The van der Waals surface area contributed by atoms with Gasteiger partial charge in [-0.1, -0.05) is 12.1 Å². The van der Waals surface area contributed by atoms with E-state index in [0.717, 1.165) is 6.07 Å². The number of imidazole rings is 1. The molecule has 27 heavy (non-hydrogen) atoms. The monoisotopic (exact) mass is 369 g/mol. The van der Waals surface area contributed by atoms with E-state index in [9.17, 15) is 13.6 Å². The summed E-state index contributed by atoms with van der Waals surface area (Å²) in [5, 5.41) is 6.86. The molecule has 0 bridgehead atoms. The summed E-state index contributed by atoms with van der Waals surface area (Å²) in [6.45, 7) is 1.80. The molecule has 0 spiro atoms. The number of hydrogen-bond donors (Lipinski definition) is 1. The van der Waals surface area contributed by atoms with Crippen molar-refractivity contribution in [3.63, 3.8) is 0 Å². The highest BCUT2D eigenvalue weighted by Crippen LogP contribution is 2.20. The molecule has 0 saturated heterocycles. The van der Waals surface area contributed by atoms with Crippen LogP contribution in [-0.2, 0) is 11.2 Å². The summed E-state index contributed by atoms with van der Waals surface area (Å²) in [5.41, 5.74) is 1.37. The van der Waals surface area contributed by atoms with Gasteiger partial charge in [0.2, 0.25) is 11.6 Å². The maximum Gasteiger partial charge on any atom is 0.264 e. The molecule has 1 N–H and O–H groups in total. The van der Waals surface area contributed by atoms with Gasteiger partial charge >= 0.3 is 0 Å². The van der Waals surface area contributed by atoms with Crippen LogP contribution in [0.3, 0.4) is 0 Å². The molecule has 0 unspecified atom stereocenters. The van der Waals surface area contributed by atoms with Crippen LogP contribution in [0.15, 0.2) is 47.1 Å². The second-order valence-corrected chi connectivity index (χ2v) is 5.83. The van der Waals surface area contributed by atoms with Gasteiger partial charge in [0.25, 0.3) is 5.89 Å². The lowest BCUT2D eigenvalue weighted by Gasteiger charge is -2.06. The number of carbonyl (C=O) groups excluding carboxylic acids is 1. The van der Waals surface area contributed by atoms with Crippen LogP contribution in [0.2, 0.25) is 0 Å². The molecule has 1 amide bonds. The lowest BCUT2D eigenvalue weighted by atomic mass is 10.1. The van der Waals surface area contributed by atoms with E-state index in [1.165, 1.54) is 18.3 Å². The molecule has 136 valence electrons. The number of carbonyl (C=O) groups is 1. The minimum absolute atomic E-state index is 0.0170. The van der Waals surface area contributed by atoms with Crippen molar-refractivity contribution in [2.75, 3.05) is 5.32 Å². The van der Waals surface area contributed by atoms with Crippen LogP contribution in [0.25, 0.3) is 17.3 Å². The Morgan fingerprint density at radius 2 is 2.04 bits per heavy atom. The van der Waals surface area contributed by atoms with Crippen molar-refractivity contribution >= 4 is 17.3 Å². The van der Waals surface area contributed by atoms with Gasteiger partial charge in [0, 0.05) is 5.56 Å². The first kappa shape index (κ1) is 16.8. The van der Waals surface area contributed by atoms with E-state index >= 15 is 0 Å². The second kappa shape index (κ2) is 6.60. The maximum absolute atomic E-state index is 13.6. The SMILES string of the molecule is Cc1ncc2oc(-c3ccc(NC(=O)Cc4cccc(F)c4F)cn3)nn12. The van der Waals surface area contributed by atoms with Crippen LogP contribution >= 0.6 is 0 Å². The summed E-state index contributed by atoms with van der Waals surface area (Å²) in [6.07, 6.45) is 2.70. The number of rotatable bonds is 4. The van der Waals surface area contributed by atoms with Crippen LogP contribution in [0.1, 0.15) is 11.4 Å². The lowest BCUT2D eigenvalue weighted by molar-refractivity contribution is -0.115. The minimum Gasteiger partial charge on any atom is -0.415 e. The predicted octanol–water partition coefficient (Wildman–Crippen LogP) is 3.15. The number of aromatic nitrogens is 4. The Morgan fingerprint density at radius 1 is 1.19 bits per heavy atom. The van der Waals surface area contributed by atoms with Crippen molar-refractivity contribution in [1.29, 1.82) is 0 Å². The molecule has 0 fully saturated rings. The summed E-state index contributed by atoms with van der Waals surface area (Å²) in [4.78, 5) is 20.3. The number of nitrogens with one attached hydrogen (secondary N) is 1. The zero-order valence-corrected chi connectivity index (χ0v) is 14.1. The average molecular weight is 369 g/mol. The van der Waals surface area contributed by atoms with Gasteiger partial charge in [0.1, 0.15) is 11.5 Å². The molecular weight excluding hydrogens is 356 g/mol. The summed E-state index contributed by atoms with van der Waals surface area (Å²) in [5.74, 6) is -1.49. The first-order valence-electron chi connectivity index (χ1n) is 8.01. The standard InChI is InChI=1S/C18H13F2N5O2/c1-10-21-9-16-25(10)24-18(27-16)14-6-5-12(8-22-14)23-15(26)7-11-3-2-4-13(19)17(11)20/h2-6,8-9H,7H2,1H3,(H,23,26). The molecule has 1 aromatic carbocycles. The van der Waals surface area contributed by atoms with E-state index in [-0.39, 0.29) is 12.0 Å². The molecule has 4 rings (SSSR count). The van der Waals surface area contributed by atoms with E-state index in [4.69, 9.17) is 4.42 Å². The van der Waals surface area contributed by atoms with Crippen molar-refractivity contribution in [3.05, 3.63) is 65.7 Å². The Morgan fingerprint density at radius 3 is 2.78 bits per heavy atom. The number of amides is 1. The zero-order valence-electron chi connectivity index (χ0n) is 14.1. The molecule has 0 saturated carbocycles. The van der Waals surface area contributed by atoms with Crippen LogP contribution in [0.4, 0.5) is 14.5 Å². The highest BCUT2D eigenvalue weighted by molar-refractivity contribution is 5.92. The van der Waals surface area contributed by atoms with E-state index in [0.29, 0.717) is 28.8 Å². The van der Waals surface area contributed by atoms with Crippen molar-refractivity contribution in [1.82, 2.24) is 19.6 Å².